The summed E-state index contributed by atoms with van der Waals surface area (Å²) in [5.74, 6) is -1.19. The van der Waals surface area contributed by atoms with E-state index in [0.29, 0.717) is 22.9 Å². The summed E-state index contributed by atoms with van der Waals surface area (Å²) in [6.45, 7) is 3.50. The number of allylic oxidation sites excluding steroid dienone is 1. The van der Waals surface area contributed by atoms with Gasteiger partial charge in [-0.1, -0.05) is 61.5 Å². The summed E-state index contributed by atoms with van der Waals surface area (Å²) < 4.78 is 44.8. The molecule has 0 unspecified atom stereocenters. The number of amides is 1. The van der Waals surface area contributed by atoms with Crippen LogP contribution in [0.5, 0.6) is 0 Å². The molecule has 3 aromatic carbocycles. The monoisotopic (exact) mass is 544 g/mol. The molecule has 0 saturated carbocycles. The highest BCUT2D eigenvalue weighted by molar-refractivity contribution is 6.07. The number of nitrogens with zero attached hydrogens (tertiary/aromatic N) is 1. The van der Waals surface area contributed by atoms with Gasteiger partial charge < -0.3 is 10.1 Å². The van der Waals surface area contributed by atoms with Crippen molar-refractivity contribution in [3.63, 3.8) is 0 Å². The van der Waals surface area contributed by atoms with E-state index in [-0.39, 0.29) is 11.6 Å². The maximum Gasteiger partial charge on any atom is 0.416 e. The number of anilines is 1. The minimum absolute atomic E-state index is 0.0426. The van der Waals surface area contributed by atoms with Crippen molar-refractivity contribution in [3.05, 3.63) is 107 Å². The van der Waals surface area contributed by atoms with Crippen molar-refractivity contribution in [2.24, 2.45) is 5.92 Å². The van der Waals surface area contributed by atoms with E-state index in [1.165, 1.54) is 19.1 Å². The maximum atomic E-state index is 13.7. The van der Waals surface area contributed by atoms with E-state index in [4.69, 9.17) is 9.72 Å². The van der Waals surface area contributed by atoms with Gasteiger partial charge in [0.15, 0.2) is 6.10 Å². The second-order valence-corrected chi connectivity index (χ2v) is 10.0. The normalized spacial score (nSPS) is 16.8. The molecular weight excluding hydrogens is 517 g/mol. The molecule has 0 radical (unpaired) electrons. The number of fused-ring (bicyclic) bond motifs is 2. The quantitative estimate of drug-likeness (QED) is 0.263. The van der Waals surface area contributed by atoms with Gasteiger partial charge in [-0.2, -0.15) is 13.2 Å². The Hall–Kier alpha value is -4.46. The number of alkyl halides is 3. The van der Waals surface area contributed by atoms with Crippen molar-refractivity contribution in [2.75, 3.05) is 5.32 Å². The van der Waals surface area contributed by atoms with Gasteiger partial charge in [-0.25, -0.2) is 9.78 Å². The third kappa shape index (κ3) is 5.76. The zero-order valence-corrected chi connectivity index (χ0v) is 22.0. The van der Waals surface area contributed by atoms with E-state index >= 15 is 0 Å². The van der Waals surface area contributed by atoms with Gasteiger partial charge in [0.25, 0.3) is 5.91 Å². The van der Waals surface area contributed by atoms with Gasteiger partial charge in [0.1, 0.15) is 0 Å². The third-order valence-electron chi connectivity index (χ3n) is 6.87. The van der Waals surface area contributed by atoms with E-state index < -0.39 is 29.7 Å². The topological polar surface area (TPSA) is 68.3 Å². The average molecular weight is 545 g/mol. The summed E-state index contributed by atoms with van der Waals surface area (Å²) in [6, 6.07) is 21.5. The molecule has 1 aliphatic carbocycles. The number of para-hydroxylation sites is 1. The number of nitrogens with one attached hydrogen (secondary N) is 1. The zero-order chi connectivity index (χ0) is 28.4. The van der Waals surface area contributed by atoms with Crippen LogP contribution in [0.25, 0.3) is 22.6 Å². The van der Waals surface area contributed by atoms with Crippen LogP contribution in [0, 0.1) is 5.92 Å². The lowest BCUT2D eigenvalue weighted by Gasteiger charge is -2.27. The zero-order valence-electron chi connectivity index (χ0n) is 22.0. The Kier molecular flexibility index (Phi) is 7.43. The van der Waals surface area contributed by atoms with Gasteiger partial charge >= 0.3 is 12.1 Å². The maximum absolute atomic E-state index is 13.7. The number of halogens is 3. The number of hydrogen-bond donors (Lipinski definition) is 1. The van der Waals surface area contributed by atoms with Crippen LogP contribution in [0.15, 0.2) is 78.9 Å². The van der Waals surface area contributed by atoms with Crippen molar-refractivity contribution >= 4 is 40.1 Å². The average Bonchev–Trinajstić information content (AvgIpc) is 2.92. The highest BCUT2D eigenvalue weighted by Crippen LogP contribution is 2.39. The summed E-state index contributed by atoms with van der Waals surface area (Å²) in [4.78, 5) is 31.4. The highest BCUT2D eigenvalue weighted by Gasteiger charge is 2.32. The van der Waals surface area contributed by atoms with E-state index in [1.807, 2.05) is 48.5 Å². The van der Waals surface area contributed by atoms with Gasteiger partial charge in [-0.15, -0.1) is 0 Å². The molecule has 0 fully saturated rings. The minimum Gasteiger partial charge on any atom is -0.449 e. The van der Waals surface area contributed by atoms with Crippen molar-refractivity contribution in [2.45, 2.75) is 39.0 Å². The Morgan fingerprint density at radius 1 is 1.00 bits per heavy atom. The molecule has 1 aliphatic rings. The second kappa shape index (κ2) is 11.0. The van der Waals surface area contributed by atoms with E-state index in [1.54, 1.807) is 6.07 Å². The van der Waals surface area contributed by atoms with Crippen molar-refractivity contribution in [1.29, 1.82) is 0 Å². The summed E-state index contributed by atoms with van der Waals surface area (Å²) in [7, 11) is 0. The lowest BCUT2D eigenvalue weighted by molar-refractivity contribution is -0.137. The van der Waals surface area contributed by atoms with Gasteiger partial charge in [-0.05, 0) is 72.7 Å². The van der Waals surface area contributed by atoms with Crippen LogP contribution in [0.1, 0.15) is 53.0 Å². The lowest BCUT2D eigenvalue weighted by Crippen LogP contribution is -2.31. The highest BCUT2D eigenvalue weighted by atomic mass is 19.4. The molecule has 204 valence electrons. The first kappa shape index (κ1) is 27.1. The van der Waals surface area contributed by atoms with Crippen LogP contribution in [0.4, 0.5) is 18.9 Å². The Morgan fingerprint density at radius 2 is 1.73 bits per heavy atom. The smallest absolute Gasteiger partial charge is 0.416 e. The number of hydrogen-bond acceptors (Lipinski definition) is 4. The molecule has 1 heterocycles. The molecule has 4 aromatic rings. The van der Waals surface area contributed by atoms with Crippen molar-refractivity contribution < 1.29 is 27.5 Å². The van der Waals surface area contributed by atoms with Crippen LogP contribution in [-0.4, -0.2) is 23.0 Å². The number of rotatable bonds is 5. The van der Waals surface area contributed by atoms with Gasteiger partial charge in [0.05, 0.1) is 22.3 Å². The first-order valence-electron chi connectivity index (χ1n) is 13.0. The predicted octanol–water partition coefficient (Wildman–Crippen LogP) is 7.56. The van der Waals surface area contributed by atoms with E-state index in [9.17, 15) is 22.8 Å². The van der Waals surface area contributed by atoms with E-state index in [2.05, 4.69) is 18.3 Å². The predicted molar refractivity (Wildman–Crippen MR) is 148 cm³/mol. The Labute approximate surface area is 229 Å². The summed E-state index contributed by atoms with van der Waals surface area (Å²) in [5, 5.41) is 3.03. The molecule has 0 saturated heterocycles. The number of pyridine rings is 1. The standard InChI is InChI=1S/C32H27F3N2O3/c1-19-15-22(17-21-9-4-3-5-10-21)29-26(16-19)28(25-13-6-7-14-27(25)37-29)31(39)40-20(2)30(38)36-24-12-8-11-23(18-24)32(33,34)35/h3-14,17-20H,15-16H2,1-2H3,(H,36,38)/b22-17-/t19-,20+/m1/s1. The van der Waals surface area contributed by atoms with Crippen LogP contribution >= 0.6 is 0 Å². The number of carbonyl (C=O) groups is 2. The van der Waals surface area contributed by atoms with Gasteiger partial charge in [-0.3, -0.25) is 4.79 Å². The Morgan fingerprint density at radius 3 is 2.48 bits per heavy atom. The second-order valence-electron chi connectivity index (χ2n) is 10.0. The van der Waals surface area contributed by atoms with Crippen molar-refractivity contribution in [1.82, 2.24) is 4.98 Å². The first-order chi connectivity index (χ1) is 19.1. The fraction of sp³-hybridized carbons (Fsp3) is 0.219. The van der Waals surface area contributed by atoms with Crippen LogP contribution in [-0.2, 0) is 22.1 Å². The molecule has 5 nitrogen and oxygen atoms in total. The molecule has 1 aromatic heterocycles. The summed E-state index contributed by atoms with van der Waals surface area (Å²) >= 11 is 0. The fourth-order valence-corrected chi connectivity index (χ4v) is 5.01. The number of benzene rings is 3. The van der Waals surface area contributed by atoms with Crippen LogP contribution in [0.2, 0.25) is 0 Å². The Balaban J connectivity index is 1.47. The van der Waals surface area contributed by atoms with Crippen LogP contribution < -0.4 is 5.32 Å². The summed E-state index contributed by atoms with van der Waals surface area (Å²) in [6.07, 6.45) is -2.33. The molecular formula is C32H27F3N2O3. The third-order valence-corrected chi connectivity index (χ3v) is 6.87. The summed E-state index contributed by atoms with van der Waals surface area (Å²) in [5.41, 5.74) is 3.57. The van der Waals surface area contributed by atoms with Gasteiger partial charge in [0.2, 0.25) is 0 Å². The van der Waals surface area contributed by atoms with Crippen molar-refractivity contribution in [3.8, 4) is 0 Å². The molecule has 8 heteroatoms. The molecule has 1 amide bonds. The first-order valence-corrected chi connectivity index (χ1v) is 13.0. The largest absolute Gasteiger partial charge is 0.449 e. The number of aromatic nitrogens is 1. The molecule has 0 spiro atoms. The van der Waals surface area contributed by atoms with Gasteiger partial charge in [0, 0.05) is 11.1 Å². The lowest BCUT2D eigenvalue weighted by atomic mass is 9.80. The molecule has 0 aliphatic heterocycles. The number of carbonyl (C=O) groups excluding carboxylic acids is 2. The molecule has 1 N–H and O–H groups in total. The number of ether oxygens (including phenoxy) is 1. The molecule has 2 atom stereocenters. The molecule has 0 bridgehead atoms. The van der Waals surface area contributed by atoms with E-state index in [0.717, 1.165) is 40.9 Å². The SMILES string of the molecule is C[C@@H]1C/C(=C/c2ccccc2)c2nc3ccccc3c(C(=O)O[C@@H](C)C(=O)Nc3cccc(C(F)(F)F)c3)c2C1. The number of esters is 1. The Bertz CT molecular complexity index is 1610. The molecule has 5 rings (SSSR count). The minimum atomic E-state index is -4.55. The molecule has 40 heavy (non-hydrogen) atoms. The van der Waals surface area contributed by atoms with Crippen LogP contribution in [0.3, 0.4) is 0 Å². The fourth-order valence-electron chi connectivity index (χ4n) is 5.01.